The van der Waals surface area contributed by atoms with Gasteiger partial charge in [0.15, 0.2) is 0 Å². The van der Waals surface area contributed by atoms with Gasteiger partial charge in [0.1, 0.15) is 5.58 Å². The molecule has 0 radical (unpaired) electrons. The van der Waals surface area contributed by atoms with E-state index in [1.54, 1.807) is 0 Å². The van der Waals surface area contributed by atoms with Crippen LogP contribution >= 0.6 is 0 Å². The molecule has 0 spiro atoms. The minimum atomic E-state index is -0.399. The zero-order valence-electron chi connectivity index (χ0n) is 49.6. The predicted octanol–water partition coefficient (Wildman–Crippen LogP) is 16.5. The second-order valence-electron chi connectivity index (χ2n) is 27.0. The summed E-state index contributed by atoms with van der Waals surface area (Å²) in [5.41, 5.74) is 19.6. The van der Waals surface area contributed by atoms with Crippen LogP contribution in [0.4, 0.5) is 34.1 Å². The highest BCUT2D eigenvalue weighted by Crippen LogP contribution is 2.55. The van der Waals surface area contributed by atoms with Crippen molar-refractivity contribution in [3.63, 3.8) is 0 Å². The van der Waals surface area contributed by atoms with Crippen LogP contribution in [0.5, 0.6) is 0 Å². The fourth-order valence-electron chi connectivity index (χ4n) is 13.5. The van der Waals surface area contributed by atoms with Crippen LogP contribution in [-0.2, 0) is 37.9 Å². The van der Waals surface area contributed by atoms with Gasteiger partial charge >= 0.3 is 0 Å². The maximum atomic E-state index is 9.56. The lowest BCUT2D eigenvalue weighted by Crippen LogP contribution is -2.61. The van der Waals surface area contributed by atoms with Crippen LogP contribution < -0.4 is 26.4 Å². The third-order valence-corrected chi connectivity index (χ3v) is 18.5. The summed E-state index contributed by atoms with van der Waals surface area (Å²) in [5, 5.41) is 1.03. The molecule has 4 heteroatoms. The zero-order chi connectivity index (χ0) is 53.8. The highest BCUT2D eigenvalue weighted by atomic mass is 16.3. The number of furan rings is 1. The van der Waals surface area contributed by atoms with Crippen molar-refractivity contribution in [3.05, 3.63) is 148 Å². The first kappa shape index (κ1) is 40.2. The van der Waals surface area contributed by atoms with E-state index in [-0.39, 0.29) is 74.4 Å². The van der Waals surface area contributed by atoms with E-state index in [4.69, 9.17) is 8.53 Å². The average molecular weight is 928 g/mol. The summed E-state index contributed by atoms with van der Waals surface area (Å²) in [6, 6.07) is 28.8. The summed E-state index contributed by atoms with van der Waals surface area (Å²) in [5.74, 6) is 0. The molecule has 0 amide bonds. The molecule has 0 N–H and O–H groups in total. The Morgan fingerprint density at radius 3 is 1.49 bits per heavy atom. The Labute approximate surface area is 427 Å². The topological polar surface area (TPSA) is 19.6 Å². The number of fused-ring (bicyclic) bond motifs is 9. The molecule has 0 fully saturated rings. The van der Waals surface area contributed by atoms with Crippen molar-refractivity contribution in [1.29, 1.82) is 0 Å². The lowest BCUT2D eigenvalue weighted by atomic mass is 9.35. The molecule has 3 nitrogen and oxygen atoms in total. The summed E-state index contributed by atoms with van der Waals surface area (Å²) in [6.07, 6.45) is 6.47. The zero-order valence-corrected chi connectivity index (χ0v) is 44.6. The Balaban J connectivity index is 1.28. The minimum absolute atomic E-state index is 0.00406. The molecular formula is C66H75BN2O. The molecule has 1 aromatic heterocycles. The fourth-order valence-corrected chi connectivity index (χ4v) is 13.5. The van der Waals surface area contributed by atoms with Crippen molar-refractivity contribution in [2.45, 2.75) is 180 Å². The minimum Gasteiger partial charge on any atom is -0.468 e. The van der Waals surface area contributed by atoms with E-state index in [0.717, 1.165) is 94.7 Å². The Morgan fingerprint density at radius 2 is 0.957 bits per heavy atom. The Morgan fingerprint density at radius 1 is 0.486 bits per heavy atom. The van der Waals surface area contributed by atoms with E-state index in [1.807, 2.05) is 0 Å². The van der Waals surface area contributed by atoms with Gasteiger partial charge in [0.05, 0.1) is 18.2 Å². The van der Waals surface area contributed by atoms with E-state index in [2.05, 4.69) is 193 Å². The summed E-state index contributed by atoms with van der Waals surface area (Å²) in [6.45, 7) is 35.1. The molecule has 0 saturated carbocycles. The lowest BCUT2D eigenvalue weighted by Gasteiger charge is -2.47. The molecule has 5 aliphatic rings. The van der Waals surface area contributed by atoms with Crippen LogP contribution in [0.1, 0.15) is 188 Å². The summed E-state index contributed by atoms with van der Waals surface area (Å²) < 4.78 is 53.4. The van der Waals surface area contributed by atoms with E-state index >= 15 is 0 Å². The maximum absolute atomic E-state index is 9.56. The van der Waals surface area contributed by atoms with Gasteiger partial charge in [-0.1, -0.05) is 158 Å². The molecule has 70 heavy (non-hydrogen) atoms. The van der Waals surface area contributed by atoms with E-state index < -0.39 is 6.04 Å². The predicted molar refractivity (Wildman–Crippen MR) is 300 cm³/mol. The maximum Gasteiger partial charge on any atom is 0.297 e. The molecular weight excluding hydrogens is 848 g/mol. The molecule has 358 valence electrons. The first-order valence-corrected chi connectivity index (χ1v) is 26.3. The molecule has 0 saturated heterocycles. The van der Waals surface area contributed by atoms with E-state index in [9.17, 15) is 2.74 Å². The highest BCUT2D eigenvalue weighted by molar-refractivity contribution is 7.00. The number of anilines is 6. The SMILES string of the molecule is [2H]c1c([2H])c([2H])c(-c2cc3c4c(c2)N(c2ccc5c(c2)C(C)(C)CCC5(C)C)c2c(oc5ccc(C(C)(C)C)cc25)B4c2cc4c(cc2N3c2ccc3c(c2)C(C)(C)CCC3(C)C)C(C)(C)CCC4(C)C)c([2H])c1[2H]. The van der Waals surface area contributed by atoms with Crippen LogP contribution in [0.25, 0.3) is 22.1 Å². The molecule has 0 atom stereocenters. The van der Waals surface area contributed by atoms with Crippen molar-refractivity contribution < 1.29 is 11.3 Å². The molecule has 6 aromatic carbocycles. The number of rotatable bonds is 3. The Hall–Kier alpha value is -5.48. The van der Waals surface area contributed by atoms with Crippen LogP contribution in [0.2, 0.25) is 0 Å². The van der Waals surface area contributed by atoms with E-state index in [1.165, 1.54) is 44.4 Å². The number of nitrogens with zero attached hydrogens (tertiary/aromatic N) is 2. The van der Waals surface area contributed by atoms with Crippen molar-refractivity contribution in [1.82, 2.24) is 0 Å². The second kappa shape index (κ2) is 14.6. The van der Waals surface area contributed by atoms with Gasteiger partial charge in [0.2, 0.25) is 0 Å². The first-order chi connectivity index (χ1) is 34.8. The van der Waals surface area contributed by atoms with Gasteiger partial charge in [0.25, 0.3) is 6.71 Å². The van der Waals surface area contributed by atoms with Gasteiger partial charge in [-0.15, -0.1) is 0 Å². The normalized spacial score (nSPS) is 21.5. The summed E-state index contributed by atoms with van der Waals surface area (Å²) >= 11 is 0. The molecule has 3 heterocycles. The van der Waals surface area contributed by atoms with Crippen molar-refractivity contribution in [2.24, 2.45) is 0 Å². The number of hydrogen-bond acceptors (Lipinski definition) is 3. The largest absolute Gasteiger partial charge is 0.468 e. The van der Waals surface area contributed by atoms with Crippen LogP contribution in [-0.4, -0.2) is 6.71 Å². The third-order valence-electron chi connectivity index (χ3n) is 18.5. The summed E-state index contributed by atoms with van der Waals surface area (Å²) in [4.78, 5) is 4.90. The standard InChI is InChI=1S/C66H75BN2O/c1-60(2,3)42-21-26-56-45(35-42)58-59(70-56)67-52-38-50-51(66(14,15)32-31-65(50,12)13)39-53(52)68(43-22-24-46-48(36-43)63(8,9)29-27-61(46,4)5)54-33-41(40-19-17-16-18-20-40)34-55(57(54)67)69(58)44-23-25-47-49(37-44)64(10,11)30-28-62(47,6)7/h16-26,33-39H,27-32H2,1-15H3/i16D,17D,18D,19D,20D. The first-order valence-electron chi connectivity index (χ1n) is 28.8. The molecule has 3 aliphatic carbocycles. The fraction of sp³-hybridized carbons (Fsp3) is 0.424. The Bertz CT molecular complexity index is 3610. The van der Waals surface area contributed by atoms with Crippen molar-refractivity contribution in [3.8, 4) is 11.1 Å². The van der Waals surface area contributed by atoms with Crippen molar-refractivity contribution >= 4 is 68.4 Å². The van der Waals surface area contributed by atoms with Gasteiger partial charge in [-0.2, -0.15) is 0 Å². The molecule has 12 rings (SSSR count). The monoisotopic (exact) mass is 928 g/mol. The van der Waals surface area contributed by atoms with Gasteiger partial charge < -0.3 is 14.2 Å². The lowest BCUT2D eigenvalue weighted by molar-refractivity contribution is 0.332. The summed E-state index contributed by atoms with van der Waals surface area (Å²) in [7, 11) is 0. The number of hydrogen-bond donors (Lipinski definition) is 0. The average Bonchev–Trinajstić information content (AvgIpc) is 3.79. The van der Waals surface area contributed by atoms with Gasteiger partial charge in [-0.25, -0.2) is 0 Å². The van der Waals surface area contributed by atoms with Crippen LogP contribution in [0.15, 0.2) is 113 Å². The van der Waals surface area contributed by atoms with Crippen molar-refractivity contribution in [2.75, 3.05) is 9.80 Å². The van der Waals surface area contributed by atoms with Crippen LogP contribution in [0.3, 0.4) is 0 Å². The second-order valence-corrected chi connectivity index (χ2v) is 27.0. The van der Waals surface area contributed by atoms with E-state index in [0.29, 0.717) is 5.56 Å². The molecule has 2 aliphatic heterocycles. The smallest absolute Gasteiger partial charge is 0.297 e. The number of benzene rings is 6. The van der Waals surface area contributed by atoms with Gasteiger partial charge in [-0.3, -0.25) is 0 Å². The highest BCUT2D eigenvalue weighted by Gasteiger charge is 2.50. The van der Waals surface area contributed by atoms with Gasteiger partial charge in [0, 0.05) is 33.8 Å². The van der Waals surface area contributed by atoms with Gasteiger partial charge in [-0.05, 0) is 192 Å². The Kier molecular flexibility index (Phi) is 8.36. The molecule has 0 unspecified atom stereocenters. The molecule has 0 bridgehead atoms. The quantitative estimate of drug-likeness (QED) is 0.165. The van der Waals surface area contributed by atoms with Crippen LogP contribution in [0, 0.1) is 0 Å². The third kappa shape index (κ3) is 6.66. The molecule has 7 aromatic rings.